The van der Waals surface area contributed by atoms with E-state index in [-0.39, 0.29) is 23.0 Å². The van der Waals surface area contributed by atoms with Crippen molar-refractivity contribution >= 4 is 31.5 Å². The van der Waals surface area contributed by atoms with Crippen molar-refractivity contribution in [3.8, 4) is 5.75 Å². The lowest BCUT2D eigenvalue weighted by Crippen LogP contribution is -2.32. The molecule has 0 unspecified atom stereocenters. The highest BCUT2D eigenvalue weighted by molar-refractivity contribution is 7.91. The highest BCUT2D eigenvalue weighted by Gasteiger charge is 2.16. The summed E-state index contributed by atoms with van der Waals surface area (Å²) in [4.78, 5) is 11.8. The zero-order valence-electron chi connectivity index (χ0n) is 15.6. The van der Waals surface area contributed by atoms with Crippen LogP contribution in [0.1, 0.15) is 6.92 Å². The zero-order valence-corrected chi connectivity index (χ0v) is 17.2. The Balaban J connectivity index is 1.88. The number of carbonyl (C=O) groups excluding carboxylic acids is 1. The van der Waals surface area contributed by atoms with E-state index < -0.39 is 38.1 Å². The first-order valence-electron chi connectivity index (χ1n) is 8.60. The summed E-state index contributed by atoms with van der Waals surface area (Å²) in [7, 11) is -7.09. The molecule has 0 saturated heterocycles. The van der Waals surface area contributed by atoms with Crippen LogP contribution < -0.4 is 14.8 Å². The summed E-state index contributed by atoms with van der Waals surface area (Å²) >= 11 is 0. The van der Waals surface area contributed by atoms with E-state index in [2.05, 4.69) is 10.0 Å². The average molecular weight is 445 g/mol. The molecule has 158 valence electrons. The van der Waals surface area contributed by atoms with Crippen molar-refractivity contribution in [2.75, 3.05) is 30.0 Å². The first kappa shape index (κ1) is 22.8. The van der Waals surface area contributed by atoms with Gasteiger partial charge in [-0.25, -0.2) is 25.9 Å². The summed E-state index contributed by atoms with van der Waals surface area (Å²) in [5.74, 6) is -0.855. The molecule has 2 N–H and O–H groups in total. The zero-order chi connectivity index (χ0) is 21.5. The molecule has 0 spiro atoms. The molecule has 8 nitrogen and oxygen atoms in total. The Morgan fingerprint density at radius 2 is 1.62 bits per heavy atom. The van der Waals surface area contributed by atoms with Crippen LogP contribution in [0.5, 0.6) is 5.75 Å². The monoisotopic (exact) mass is 444 g/mol. The van der Waals surface area contributed by atoms with Crippen LogP contribution in [0.3, 0.4) is 0 Å². The van der Waals surface area contributed by atoms with Crippen LogP contribution in [0, 0.1) is 5.82 Å². The van der Waals surface area contributed by atoms with Crippen LogP contribution in [0.15, 0.2) is 53.4 Å². The fourth-order valence-electron chi connectivity index (χ4n) is 2.13. The topological polar surface area (TPSA) is 119 Å². The second-order valence-corrected chi connectivity index (χ2v) is 10.2. The number of hydrogen-bond acceptors (Lipinski definition) is 6. The van der Waals surface area contributed by atoms with Crippen LogP contribution in [-0.2, 0) is 24.7 Å². The predicted octanol–water partition coefficient (Wildman–Crippen LogP) is 1.56. The first-order valence-corrected chi connectivity index (χ1v) is 11.9. The highest BCUT2D eigenvalue weighted by atomic mass is 32.2. The lowest BCUT2D eigenvalue weighted by Gasteiger charge is -2.09. The lowest BCUT2D eigenvalue weighted by atomic mass is 10.3. The number of carbonyl (C=O) groups is 1. The maximum atomic E-state index is 12.8. The van der Waals surface area contributed by atoms with Gasteiger partial charge in [0.2, 0.25) is 15.9 Å². The average Bonchev–Trinajstić information content (AvgIpc) is 2.69. The molecular formula is C18H21FN2O6S2. The maximum Gasteiger partial charge on any atom is 0.241 e. The van der Waals surface area contributed by atoms with Crippen molar-refractivity contribution in [1.82, 2.24) is 4.72 Å². The molecule has 11 heteroatoms. The Hall–Kier alpha value is -2.50. The molecule has 0 saturated carbocycles. The molecule has 0 aliphatic rings. The Morgan fingerprint density at radius 1 is 1.00 bits per heavy atom. The SMILES string of the molecule is CCS(=O)(=O)CCOc1ccc(S(=O)(=O)NCC(=O)Nc2ccc(F)cc2)cc1. The third-order valence-corrected chi connectivity index (χ3v) is 6.87. The van der Waals surface area contributed by atoms with Gasteiger partial charge in [0.25, 0.3) is 0 Å². The first-order chi connectivity index (χ1) is 13.6. The van der Waals surface area contributed by atoms with E-state index in [1.165, 1.54) is 48.5 Å². The van der Waals surface area contributed by atoms with Crippen molar-refractivity contribution in [1.29, 1.82) is 0 Å². The molecule has 0 fully saturated rings. The van der Waals surface area contributed by atoms with E-state index in [1.54, 1.807) is 6.92 Å². The van der Waals surface area contributed by atoms with E-state index >= 15 is 0 Å². The summed E-state index contributed by atoms with van der Waals surface area (Å²) in [5.41, 5.74) is 0.335. The van der Waals surface area contributed by atoms with E-state index in [9.17, 15) is 26.0 Å². The third kappa shape index (κ3) is 7.44. The van der Waals surface area contributed by atoms with E-state index in [1.807, 2.05) is 0 Å². The van der Waals surface area contributed by atoms with Crippen molar-refractivity contribution in [2.45, 2.75) is 11.8 Å². The number of halogens is 1. The summed E-state index contributed by atoms with van der Waals surface area (Å²) in [5, 5.41) is 2.44. The Morgan fingerprint density at radius 3 is 2.21 bits per heavy atom. The molecule has 0 bridgehead atoms. The van der Waals surface area contributed by atoms with Crippen molar-refractivity contribution in [3.05, 3.63) is 54.3 Å². The number of benzene rings is 2. The lowest BCUT2D eigenvalue weighted by molar-refractivity contribution is -0.115. The molecular weight excluding hydrogens is 423 g/mol. The molecule has 0 radical (unpaired) electrons. The molecule has 1 amide bonds. The number of anilines is 1. The number of sulfonamides is 1. The van der Waals surface area contributed by atoms with E-state index in [0.29, 0.717) is 11.4 Å². The summed E-state index contributed by atoms with van der Waals surface area (Å²) < 4.78 is 67.7. The second-order valence-electron chi connectivity index (χ2n) is 5.94. The van der Waals surface area contributed by atoms with Crippen molar-refractivity contribution in [2.24, 2.45) is 0 Å². The van der Waals surface area contributed by atoms with Gasteiger partial charge in [0.05, 0.1) is 17.2 Å². The van der Waals surface area contributed by atoms with Gasteiger partial charge in [-0.1, -0.05) is 6.92 Å². The molecule has 29 heavy (non-hydrogen) atoms. The second kappa shape index (κ2) is 9.81. The van der Waals surface area contributed by atoms with Gasteiger partial charge in [-0.3, -0.25) is 4.79 Å². The smallest absolute Gasteiger partial charge is 0.241 e. The third-order valence-electron chi connectivity index (χ3n) is 3.79. The standard InChI is InChI=1S/C18H21FN2O6S2/c1-2-28(23,24)12-11-27-16-7-9-17(10-8-16)29(25,26)20-13-18(22)21-15-5-3-14(19)4-6-15/h3-10,20H,2,11-13H2,1H3,(H,21,22). The number of amides is 1. The minimum absolute atomic E-state index is 0.0218. The van der Waals surface area contributed by atoms with E-state index in [0.717, 1.165) is 0 Å². The van der Waals surface area contributed by atoms with Crippen molar-refractivity contribution < 1.29 is 30.8 Å². The number of ether oxygens (including phenoxy) is 1. The van der Waals surface area contributed by atoms with E-state index in [4.69, 9.17) is 4.74 Å². The summed E-state index contributed by atoms with van der Waals surface area (Å²) in [6.07, 6.45) is 0. The minimum atomic E-state index is -3.94. The largest absolute Gasteiger partial charge is 0.493 e. The van der Waals surface area contributed by atoms with Gasteiger partial charge in [0, 0.05) is 11.4 Å². The summed E-state index contributed by atoms with van der Waals surface area (Å²) in [6.45, 7) is 0.999. The van der Waals surface area contributed by atoms with Gasteiger partial charge in [0.1, 0.15) is 18.2 Å². The highest BCUT2D eigenvalue weighted by Crippen LogP contribution is 2.16. The molecule has 2 aromatic rings. The molecule has 0 aromatic heterocycles. The van der Waals surface area contributed by atoms with Crippen LogP contribution in [-0.4, -0.2) is 47.4 Å². The quantitative estimate of drug-likeness (QED) is 0.574. The van der Waals surface area contributed by atoms with Gasteiger partial charge < -0.3 is 10.1 Å². The molecule has 0 aliphatic heterocycles. The van der Waals surface area contributed by atoms with Crippen LogP contribution >= 0.6 is 0 Å². The van der Waals surface area contributed by atoms with Crippen LogP contribution in [0.4, 0.5) is 10.1 Å². The molecule has 2 aromatic carbocycles. The number of hydrogen-bond donors (Lipinski definition) is 2. The fourth-order valence-corrected chi connectivity index (χ4v) is 3.74. The Kier molecular flexibility index (Phi) is 7.71. The van der Waals surface area contributed by atoms with Gasteiger partial charge in [-0.15, -0.1) is 0 Å². The summed E-state index contributed by atoms with van der Waals surface area (Å²) in [6, 6.07) is 10.4. The van der Waals surface area contributed by atoms with Gasteiger partial charge in [-0.05, 0) is 48.5 Å². The molecule has 0 atom stereocenters. The predicted molar refractivity (Wildman–Crippen MR) is 106 cm³/mol. The Bertz CT molecular complexity index is 1040. The fraction of sp³-hybridized carbons (Fsp3) is 0.278. The molecule has 0 heterocycles. The van der Waals surface area contributed by atoms with Gasteiger partial charge >= 0.3 is 0 Å². The number of sulfone groups is 1. The van der Waals surface area contributed by atoms with Crippen LogP contribution in [0.25, 0.3) is 0 Å². The normalized spacial score (nSPS) is 11.8. The molecule has 0 aliphatic carbocycles. The number of rotatable bonds is 10. The molecule has 2 rings (SSSR count). The minimum Gasteiger partial charge on any atom is -0.493 e. The van der Waals surface area contributed by atoms with Gasteiger partial charge in [0.15, 0.2) is 9.84 Å². The van der Waals surface area contributed by atoms with Crippen molar-refractivity contribution in [3.63, 3.8) is 0 Å². The Labute approximate surface area is 169 Å². The van der Waals surface area contributed by atoms with Gasteiger partial charge in [-0.2, -0.15) is 0 Å². The maximum absolute atomic E-state index is 12.8. The number of nitrogens with one attached hydrogen (secondary N) is 2. The van der Waals surface area contributed by atoms with Crippen LogP contribution in [0.2, 0.25) is 0 Å².